The van der Waals surface area contributed by atoms with Crippen LogP contribution in [0.25, 0.3) is 0 Å². The molecule has 1 amide bonds. The zero-order valence-electron chi connectivity index (χ0n) is 14.8. The normalized spacial score (nSPS) is 14.5. The van der Waals surface area contributed by atoms with Crippen LogP contribution in [0.4, 0.5) is 11.6 Å². The lowest BCUT2D eigenvalue weighted by atomic mass is 10.2. The summed E-state index contributed by atoms with van der Waals surface area (Å²) in [7, 11) is 0. The van der Waals surface area contributed by atoms with E-state index in [4.69, 9.17) is 0 Å². The number of pyridine rings is 1. The first kappa shape index (κ1) is 17.1. The van der Waals surface area contributed by atoms with Gasteiger partial charge in [0.05, 0.1) is 0 Å². The zero-order chi connectivity index (χ0) is 17.6. The van der Waals surface area contributed by atoms with Gasteiger partial charge in [-0.15, -0.1) is 0 Å². The molecule has 0 radical (unpaired) electrons. The minimum absolute atomic E-state index is 0.0410. The second-order valence-electron chi connectivity index (χ2n) is 5.90. The van der Waals surface area contributed by atoms with Gasteiger partial charge < -0.3 is 14.7 Å². The zero-order valence-corrected chi connectivity index (χ0v) is 14.8. The quantitative estimate of drug-likeness (QED) is 0.825. The van der Waals surface area contributed by atoms with Gasteiger partial charge in [0.1, 0.15) is 23.7 Å². The van der Waals surface area contributed by atoms with E-state index in [1.54, 1.807) is 11.0 Å². The van der Waals surface area contributed by atoms with Gasteiger partial charge in [-0.05, 0) is 26.0 Å². The SMILES string of the molecule is CCN(CC)C(=O)c1cc(N2CCN(c3ccccn3)CC2)ncn1. The summed E-state index contributed by atoms with van der Waals surface area (Å²) in [5.74, 6) is 1.77. The molecule has 0 N–H and O–H groups in total. The predicted octanol–water partition coefficient (Wildman–Crippen LogP) is 1.68. The molecule has 2 aromatic rings. The minimum Gasteiger partial charge on any atom is -0.353 e. The lowest BCUT2D eigenvalue weighted by molar-refractivity contribution is 0.0767. The molecule has 0 saturated carbocycles. The molecule has 3 heterocycles. The predicted molar refractivity (Wildman–Crippen MR) is 97.9 cm³/mol. The van der Waals surface area contributed by atoms with Crippen LogP contribution in [0.5, 0.6) is 0 Å². The van der Waals surface area contributed by atoms with Gasteiger partial charge in [0.15, 0.2) is 0 Å². The van der Waals surface area contributed by atoms with Crippen molar-refractivity contribution in [2.45, 2.75) is 13.8 Å². The smallest absolute Gasteiger partial charge is 0.272 e. The topological polar surface area (TPSA) is 65.5 Å². The van der Waals surface area contributed by atoms with E-state index in [-0.39, 0.29) is 5.91 Å². The summed E-state index contributed by atoms with van der Waals surface area (Å²) in [6.07, 6.45) is 3.30. The summed E-state index contributed by atoms with van der Waals surface area (Å²) in [5.41, 5.74) is 0.459. The van der Waals surface area contributed by atoms with Crippen LogP contribution in [0.15, 0.2) is 36.8 Å². The maximum absolute atomic E-state index is 12.5. The molecule has 1 aliphatic rings. The van der Waals surface area contributed by atoms with E-state index in [0.29, 0.717) is 18.8 Å². The van der Waals surface area contributed by atoms with Crippen molar-refractivity contribution >= 4 is 17.5 Å². The maximum atomic E-state index is 12.5. The third-order valence-electron chi connectivity index (χ3n) is 4.50. The van der Waals surface area contributed by atoms with E-state index in [0.717, 1.165) is 37.8 Å². The van der Waals surface area contributed by atoms with Crippen LogP contribution in [0.3, 0.4) is 0 Å². The molecule has 0 spiro atoms. The number of hydrogen-bond donors (Lipinski definition) is 0. The molecule has 2 aromatic heterocycles. The Labute approximate surface area is 148 Å². The number of rotatable bonds is 5. The van der Waals surface area contributed by atoms with Gasteiger partial charge in [-0.25, -0.2) is 15.0 Å². The van der Waals surface area contributed by atoms with Gasteiger partial charge in [-0.1, -0.05) is 6.07 Å². The van der Waals surface area contributed by atoms with Gasteiger partial charge in [-0.3, -0.25) is 4.79 Å². The molecule has 0 unspecified atom stereocenters. The number of carbonyl (C=O) groups is 1. The summed E-state index contributed by atoms with van der Waals surface area (Å²) in [6, 6.07) is 7.76. The number of piperazine rings is 1. The van der Waals surface area contributed by atoms with Gasteiger partial charge >= 0.3 is 0 Å². The molecule has 0 atom stereocenters. The van der Waals surface area contributed by atoms with Crippen LogP contribution in [0, 0.1) is 0 Å². The molecule has 7 nitrogen and oxygen atoms in total. The monoisotopic (exact) mass is 340 g/mol. The van der Waals surface area contributed by atoms with Gasteiger partial charge in [0.25, 0.3) is 5.91 Å². The summed E-state index contributed by atoms with van der Waals surface area (Å²) in [6.45, 7) is 8.73. The molecule has 1 saturated heterocycles. The van der Waals surface area contributed by atoms with E-state index in [2.05, 4.69) is 24.8 Å². The first-order valence-electron chi connectivity index (χ1n) is 8.75. The van der Waals surface area contributed by atoms with Crippen molar-refractivity contribution in [3.05, 3.63) is 42.5 Å². The van der Waals surface area contributed by atoms with Crippen molar-refractivity contribution < 1.29 is 4.79 Å². The van der Waals surface area contributed by atoms with Crippen molar-refractivity contribution in [1.82, 2.24) is 19.9 Å². The van der Waals surface area contributed by atoms with Gasteiger partial charge in [0, 0.05) is 51.5 Å². The number of hydrogen-bond acceptors (Lipinski definition) is 6. The molecule has 132 valence electrons. The fourth-order valence-electron chi connectivity index (χ4n) is 3.02. The molecule has 0 bridgehead atoms. The van der Waals surface area contributed by atoms with Crippen molar-refractivity contribution in [3.8, 4) is 0 Å². The molecule has 0 aromatic carbocycles. The summed E-state index contributed by atoms with van der Waals surface area (Å²) < 4.78 is 0. The van der Waals surface area contributed by atoms with E-state index in [1.807, 2.05) is 38.2 Å². The summed E-state index contributed by atoms with van der Waals surface area (Å²) >= 11 is 0. The second-order valence-corrected chi connectivity index (χ2v) is 5.90. The van der Waals surface area contributed by atoms with Crippen LogP contribution in [-0.4, -0.2) is 65.0 Å². The van der Waals surface area contributed by atoms with E-state index < -0.39 is 0 Å². The Morgan fingerprint density at radius 1 is 1.00 bits per heavy atom. The van der Waals surface area contributed by atoms with Crippen LogP contribution >= 0.6 is 0 Å². The van der Waals surface area contributed by atoms with E-state index in [1.165, 1.54) is 6.33 Å². The van der Waals surface area contributed by atoms with Crippen LogP contribution in [0.1, 0.15) is 24.3 Å². The van der Waals surface area contributed by atoms with E-state index >= 15 is 0 Å². The largest absolute Gasteiger partial charge is 0.353 e. The van der Waals surface area contributed by atoms with E-state index in [9.17, 15) is 4.79 Å². The van der Waals surface area contributed by atoms with Gasteiger partial charge in [-0.2, -0.15) is 0 Å². The number of nitrogens with zero attached hydrogens (tertiary/aromatic N) is 6. The molecule has 3 rings (SSSR count). The Kier molecular flexibility index (Phi) is 5.42. The van der Waals surface area contributed by atoms with Crippen LogP contribution in [-0.2, 0) is 0 Å². The number of carbonyl (C=O) groups excluding carboxylic acids is 1. The average Bonchev–Trinajstić information content (AvgIpc) is 2.70. The minimum atomic E-state index is -0.0410. The average molecular weight is 340 g/mol. The molecular formula is C18H24N6O. The van der Waals surface area contributed by atoms with Crippen LogP contribution < -0.4 is 9.80 Å². The molecule has 1 fully saturated rings. The number of amides is 1. The van der Waals surface area contributed by atoms with Crippen molar-refractivity contribution in [1.29, 1.82) is 0 Å². The Balaban J connectivity index is 1.67. The first-order chi connectivity index (χ1) is 12.2. The van der Waals surface area contributed by atoms with Gasteiger partial charge in [0.2, 0.25) is 0 Å². The molecule has 25 heavy (non-hydrogen) atoms. The lowest BCUT2D eigenvalue weighted by Crippen LogP contribution is -2.47. The van der Waals surface area contributed by atoms with Crippen LogP contribution in [0.2, 0.25) is 0 Å². The summed E-state index contributed by atoms with van der Waals surface area (Å²) in [4.78, 5) is 31.6. The Morgan fingerprint density at radius 3 is 2.28 bits per heavy atom. The molecule has 1 aliphatic heterocycles. The fraction of sp³-hybridized carbons (Fsp3) is 0.444. The van der Waals surface area contributed by atoms with Crippen molar-refractivity contribution in [2.24, 2.45) is 0 Å². The fourth-order valence-corrected chi connectivity index (χ4v) is 3.02. The van der Waals surface area contributed by atoms with Crippen molar-refractivity contribution in [3.63, 3.8) is 0 Å². The first-order valence-corrected chi connectivity index (χ1v) is 8.75. The molecular weight excluding hydrogens is 316 g/mol. The Hall–Kier alpha value is -2.70. The highest BCUT2D eigenvalue weighted by molar-refractivity contribution is 5.92. The Bertz CT molecular complexity index is 696. The number of aromatic nitrogens is 3. The maximum Gasteiger partial charge on any atom is 0.272 e. The standard InChI is InChI=1S/C18H24N6O/c1-3-22(4-2)18(25)15-13-17(21-14-20-15)24-11-9-23(10-12-24)16-7-5-6-8-19-16/h5-8,13-14H,3-4,9-12H2,1-2H3. The molecule has 7 heteroatoms. The third kappa shape index (κ3) is 3.87. The highest BCUT2D eigenvalue weighted by atomic mass is 16.2. The highest BCUT2D eigenvalue weighted by Crippen LogP contribution is 2.18. The second kappa shape index (κ2) is 7.92. The van der Waals surface area contributed by atoms with Crippen molar-refractivity contribution in [2.75, 3.05) is 49.1 Å². The molecule has 0 aliphatic carbocycles. The third-order valence-corrected chi connectivity index (χ3v) is 4.50. The summed E-state index contributed by atoms with van der Waals surface area (Å²) in [5, 5.41) is 0. The number of anilines is 2. The highest BCUT2D eigenvalue weighted by Gasteiger charge is 2.21. The Morgan fingerprint density at radius 2 is 1.68 bits per heavy atom. The lowest BCUT2D eigenvalue weighted by Gasteiger charge is -2.36.